The van der Waals surface area contributed by atoms with Crippen molar-refractivity contribution in [3.8, 4) is 0 Å². The molecule has 0 atom stereocenters. The molecule has 6 heteroatoms. The first-order chi connectivity index (χ1) is 18.2. The molecule has 4 aromatic rings. The number of hydrogen-bond acceptors (Lipinski definition) is 4. The average molecular weight is 541 g/mol. The molecule has 4 rings (SSSR count). The van der Waals surface area contributed by atoms with Crippen LogP contribution in [0.2, 0.25) is 0 Å². The molecule has 194 valence electrons. The Balaban J connectivity index is 1.64. The summed E-state index contributed by atoms with van der Waals surface area (Å²) in [6.45, 7) is 12.0. The monoisotopic (exact) mass is 540 g/mol. The van der Waals surface area contributed by atoms with Crippen LogP contribution >= 0.6 is 21.6 Å². The maximum atomic E-state index is 13.2. The number of nitrogens with one attached hydrogen (secondary N) is 2. The number of carbonyl (C=O) groups excluding carboxylic acids is 2. The van der Waals surface area contributed by atoms with Gasteiger partial charge in [-0.2, -0.15) is 0 Å². The van der Waals surface area contributed by atoms with Crippen LogP contribution in [0.4, 0.5) is 11.4 Å². The maximum Gasteiger partial charge on any atom is 0.255 e. The van der Waals surface area contributed by atoms with Crippen molar-refractivity contribution in [2.45, 2.75) is 51.3 Å². The van der Waals surface area contributed by atoms with Gasteiger partial charge in [0.05, 0.1) is 11.4 Å². The molecule has 4 nitrogen and oxygen atoms in total. The van der Waals surface area contributed by atoms with Crippen LogP contribution in [-0.4, -0.2) is 11.8 Å². The first kappa shape index (κ1) is 27.6. The van der Waals surface area contributed by atoms with Crippen LogP contribution in [-0.2, 0) is 0 Å². The van der Waals surface area contributed by atoms with Gasteiger partial charge in [0.15, 0.2) is 0 Å². The quantitative estimate of drug-likeness (QED) is 0.230. The lowest BCUT2D eigenvalue weighted by atomic mass is 10.1. The maximum absolute atomic E-state index is 13.2. The number of rotatable bonds is 7. The Bertz CT molecular complexity index is 1410. The van der Waals surface area contributed by atoms with Gasteiger partial charge in [-0.3, -0.25) is 9.59 Å². The van der Waals surface area contributed by atoms with E-state index in [1.165, 1.54) is 0 Å². The zero-order valence-electron chi connectivity index (χ0n) is 22.6. The number of aryl methyl sites for hydroxylation is 6. The lowest BCUT2D eigenvalue weighted by Gasteiger charge is -2.19. The number of amides is 2. The van der Waals surface area contributed by atoms with Gasteiger partial charge in [-0.1, -0.05) is 60.7 Å². The van der Waals surface area contributed by atoms with E-state index >= 15 is 0 Å². The highest BCUT2D eigenvalue weighted by molar-refractivity contribution is 8.76. The second-order valence-electron chi connectivity index (χ2n) is 9.51. The lowest BCUT2D eigenvalue weighted by molar-refractivity contribution is 0.101. The molecule has 2 amide bonds. The van der Waals surface area contributed by atoms with Crippen LogP contribution in [0.15, 0.2) is 82.6 Å². The number of benzene rings is 4. The third kappa shape index (κ3) is 5.98. The van der Waals surface area contributed by atoms with Gasteiger partial charge >= 0.3 is 0 Å². The fourth-order valence-corrected chi connectivity index (χ4v) is 7.14. The highest BCUT2D eigenvalue weighted by atomic mass is 33.1. The van der Waals surface area contributed by atoms with Crippen LogP contribution < -0.4 is 10.6 Å². The molecule has 0 unspecified atom stereocenters. The number of hydrogen-bond donors (Lipinski definition) is 2. The molecule has 2 N–H and O–H groups in total. The molecule has 0 heterocycles. The number of anilines is 2. The van der Waals surface area contributed by atoms with E-state index in [0.717, 1.165) is 54.5 Å². The minimum atomic E-state index is -0.124. The molecule has 0 aliphatic carbocycles. The van der Waals surface area contributed by atoms with Crippen molar-refractivity contribution in [3.05, 3.63) is 117 Å². The summed E-state index contributed by atoms with van der Waals surface area (Å²) in [5.74, 6) is -0.247. The molecule has 4 aromatic carbocycles. The van der Waals surface area contributed by atoms with Gasteiger partial charge in [0.1, 0.15) is 0 Å². The molecular weight excluding hydrogens is 508 g/mol. The molecule has 0 spiro atoms. The van der Waals surface area contributed by atoms with Crippen LogP contribution in [0.5, 0.6) is 0 Å². The SMILES string of the molecule is Cc1ccccc1C(=O)Nc1c(C)ccc(C)c1SSc1c(C)ccc(C)c1NC(=O)c1ccccc1C. The summed E-state index contributed by atoms with van der Waals surface area (Å²) in [4.78, 5) is 28.4. The molecule has 0 aliphatic rings. The topological polar surface area (TPSA) is 58.2 Å². The van der Waals surface area contributed by atoms with Crippen LogP contribution in [0.3, 0.4) is 0 Å². The lowest BCUT2D eigenvalue weighted by Crippen LogP contribution is -2.15. The van der Waals surface area contributed by atoms with E-state index in [1.54, 1.807) is 21.6 Å². The van der Waals surface area contributed by atoms with Crippen molar-refractivity contribution >= 4 is 44.8 Å². The van der Waals surface area contributed by atoms with E-state index in [-0.39, 0.29) is 11.8 Å². The minimum absolute atomic E-state index is 0.124. The van der Waals surface area contributed by atoms with Crippen LogP contribution in [0, 0.1) is 41.5 Å². The second-order valence-corrected chi connectivity index (χ2v) is 11.7. The largest absolute Gasteiger partial charge is 0.321 e. The molecule has 0 saturated carbocycles. The standard InChI is InChI=1S/C32H32N2O2S2/c1-19-11-7-9-13-25(19)31(35)33-27-21(3)15-17-23(5)29(27)37-38-30-24(6)18-16-22(4)28(30)34-32(36)26-14-10-8-12-20(26)2/h7-18H,1-6H3,(H,33,35)(H,34,36). The minimum Gasteiger partial charge on any atom is -0.321 e. The normalized spacial score (nSPS) is 10.8. The summed E-state index contributed by atoms with van der Waals surface area (Å²) in [6, 6.07) is 23.4. The van der Waals surface area contributed by atoms with E-state index in [2.05, 4.69) is 36.6 Å². The van der Waals surface area contributed by atoms with E-state index in [4.69, 9.17) is 0 Å². The highest BCUT2D eigenvalue weighted by Crippen LogP contribution is 2.48. The molecule has 0 saturated heterocycles. The molecule has 0 bridgehead atoms. The predicted molar refractivity (Wildman–Crippen MR) is 162 cm³/mol. The van der Waals surface area contributed by atoms with Gasteiger partial charge in [-0.05, 0) is 109 Å². The Morgan fingerprint density at radius 3 is 1.18 bits per heavy atom. The van der Waals surface area contributed by atoms with E-state index in [9.17, 15) is 9.59 Å². The third-order valence-electron chi connectivity index (χ3n) is 6.59. The average Bonchev–Trinajstić information content (AvgIpc) is 2.89. The third-order valence-corrected chi connectivity index (χ3v) is 9.31. The van der Waals surface area contributed by atoms with Crippen molar-refractivity contribution in [1.82, 2.24) is 0 Å². The van der Waals surface area contributed by atoms with Gasteiger partial charge in [-0.25, -0.2) is 0 Å². The van der Waals surface area contributed by atoms with Gasteiger partial charge in [0, 0.05) is 20.9 Å². The summed E-state index contributed by atoms with van der Waals surface area (Å²) in [7, 11) is 3.19. The van der Waals surface area contributed by atoms with Crippen molar-refractivity contribution < 1.29 is 9.59 Å². The zero-order chi connectivity index (χ0) is 27.4. The van der Waals surface area contributed by atoms with Gasteiger partial charge in [-0.15, -0.1) is 0 Å². The number of carbonyl (C=O) groups is 2. The van der Waals surface area contributed by atoms with E-state index in [1.807, 2.05) is 88.4 Å². The van der Waals surface area contributed by atoms with Crippen molar-refractivity contribution in [2.75, 3.05) is 10.6 Å². The zero-order valence-corrected chi connectivity index (χ0v) is 24.2. The first-order valence-corrected chi connectivity index (χ1v) is 14.6. The summed E-state index contributed by atoms with van der Waals surface area (Å²) >= 11 is 0. The Morgan fingerprint density at radius 1 is 0.474 bits per heavy atom. The summed E-state index contributed by atoms with van der Waals surface area (Å²) < 4.78 is 0. The summed E-state index contributed by atoms with van der Waals surface area (Å²) in [6.07, 6.45) is 0. The van der Waals surface area contributed by atoms with Gasteiger partial charge in [0.25, 0.3) is 11.8 Å². The second kappa shape index (κ2) is 11.9. The highest BCUT2D eigenvalue weighted by Gasteiger charge is 2.19. The molecule has 0 fully saturated rings. The molecule has 0 aliphatic heterocycles. The fourth-order valence-electron chi connectivity index (χ4n) is 4.20. The molecule has 0 radical (unpaired) electrons. The fraction of sp³-hybridized carbons (Fsp3) is 0.188. The summed E-state index contributed by atoms with van der Waals surface area (Å²) in [5.41, 5.74) is 8.95. The summed E-state index contributed by atoms with van der Waals surface area (Å²) in [5, 5.41) is 6.34. The van der Waals surface area contributed by atoms with Gasteiger partial charge < -0.3 is 10.6 Å². The smallest absolute Gasteiger partial charge is 0.255 e. The molecule has 38 heavy (non-hydrogen) atoms. The first-order valence-electron chi connectivity index (χ1n) is 12.5. The van der Waals surface area contributed by atoms with E-state index < -0.39 is 0 Å². The van der Waals surface area contributed by atoms with Crippen molar-refractivity contribution in [1.29, 1.82) is 0 Å². The van der Waals surface area contributed by atoms with Crippen LogP contribution in [0.25, 0.3) is 0 Å². The predicted octanol–water partition coefficient (Wildman–Crippen LogP) is 8.84. The van der Waals surface area contributed by atoms with Gasteiger partial charge in [0.2, 0.25) is 0 Å². The molecule has 0 aromatic heterocycles. The Labute approximate surface area is 233 Å². The Morgan fingerprint density at radius 2 is 0.816 bits per heavy atom. The Hall–Kier alpha value is -3.48. The Kier molecular flexibility index (Phi) is 8.65. The van der Waals surface area contributed by atoms with Crippen molar-refractivity contribution in [3.63, 3.8) is 0 Å². The molecular formula is C32H32N2O2S2. The van der Waals surface area contributed by atoms with Crippen LogP contribution in [0.1, 0.15) is 54.1 Å². The van der Waals surface area contributed by atoms with E-state index in [0.29, 0.717) is 11.1 Å². The van der Waals surface area contributed by atoms with Crippen molar-refractivity contribution in [2.24, 2.45) is 0 Å².